The van der Waals surface area contributed by atoms with Crippen molar-refractivity contribution >= 4 is 0 Å². The third-order valence-electron chi connectivity index (χ3n) is 9.16. The minimum Gasteiger partial charge on any atom is -0.497 e. The smallest absolute Gasteiger partial charge is 0.203 e. The quantitative estimate of drug-likeness (QED) is 0.0703. The second-order valence-corrected chi connectivity index (χ2v) is 12.4. The molecule has 0 amide bonds. The molecule has 0 bridgehead atoms. The maximum Gasteiger partial charge on any atom is 0.203 e. The van der Waals surface area contributed by atoms with Gasteiger partial charge in [-0.3, -0.25) is 0 Å². The summed E-state index contributed by atoms with van der Waals surface area (Å²) in [5.74, 6) is 5.68. The lowest BCUT2D eigenvalue weighted by Crippen LogP contribution is -2.25. The van der Waals surface area contributed by atoms with E-state index in [1.807, 2.05) is 48.5 Å². The fraction of sp³-hybridized carbons (Fsp3) is 0.429. The van der Waals surface area contributed by atoms with Crippen LogP contribution < -0.4 is 37.9 Å². The second-order valence-electron chi connectivity index (χ2n) is 12.4. The number of hydrogen-bond acceptors (Lipinski definition) is 10. The van der Waals surface area contributed by atoms with E-state index in [1.165, 1.54) is 11.1 Å². The summed E-state index contributed by atoms with van der Waals surface area (Å²) in [5, 5.41) is 0. The van der Waals surface area contributed by atoms with Gasteiger partial charge in [-0.25, -0.2) is 0 Å². The Hall–Kier alpha value is -4.80. The van der Waals surface area contributed by atoms with Crippen LogP contribution in [0, 0.1) is 11.8 Å². The predicted molar refractivity (Wildman–Crippen MR) is 201 cm³/mol. The van der Waals surface area contributed by atoms with Crippen molar-refractivity contribution in [1.29, 1.82) is 0 Å². The molecule has 4 aromatic carbocycles. The summed E-state index contributed by atoms with van der Waals surface area (Å²) < 4.78 is 56.8. The third-order valence-corrected chi connectivity index (χ3v) is 9.16. The molecule has 10 nitrogen and oxygen atoms in total. The standard InChI is InChI=1S/C42H54O10/c1-43-35-15-11-29(12-16-35)20-33(10-9-19-51-26-31-22-37(45-3)41(49-7)38(23-31)46-4)34(21-30-13-17-36(44-2)18-14-30)28-52-27-32-24-39(47-5)42(50-8)40(25-32)48-6/h11-18,22-25,33-34H,9-10,19-21,26-28H2,1-8H3/t33-,34+/m1/s1. The van der Waals surface area contributed by atoms with Gasteiger partial charge in [0.1, 0.15) is 11.5 Å². The average molecular weight is 719 g/mol. The molecule has 0 aliphatic carbocycles. The molecule has 0 spiro atoms. The Bertz CT molecular complexity index is 1590. The van der Waals surface area contributed by atoms with E-state index in [0.29, 0.717) is 66.8 Å². The van der Waals surface area contributed by atoms with Crippen LogP contribution in [0.25, 0.3) is 0 Å². The lowest BCUT2D eigenvalue weighted by Gasteiger charge is -2.28. The van der Waals surface area contributed by atoms with Crippen LogP contribution in [0.15, 0.2) is 72.8 Å². The molecule has 10 heteroatoms. The van der Waals surface area contributed by atoms with Crippen molar-refractivity contribution in [3.8, 4) is 46.0 Å². The Balaban J connectivity index is 1.52. The van der Waals surface area contributed by atoms with Gasteiger partial charge in [-0.1, -0.05) is 24.3 Å². The average Bonchev–Trinajstić information content (AvgIpc) is 3.19. The lowest BCUT2D eigenvalue weighted by molar-refractivity contribution is 0.0578. The molecule has 282 valence electrons. The number of rotatable bonds is 23. The monoisotopic (exact) mass is 718 g/mol. The molecule has 0 heterocycles. The van der Waals surface area contributed by atoms with Gasteiger partial charge in [0.15, 0.2) is 23.0 Å². The Labute approximate surface area is 308 Å². The molecule has 0 aliphatic rings. The number of benzene rings is 4. The van der Waals surface area contributed by atoms with Crippen molar-refractivity contribution in [3.63, 3.8) is 0 Å². The molecule has 0 aliphatic heterocycles. The van der Waals surface area contributed by atoms with Gasteiger partial charge >= 0.3 is 0 Å². The van der Waals surface area contributed by atoms with E-state index in [1.54, 1.807) is 56.9 Å². The molecule has 0 fully saturated rings. The largest absolute Gasteiger partial charge is 0.497 e. The Morgan fingerprint density at radius 2 is 0.827 bits per heavy atom. The molecular formula is C42H54O10. The van der Waals surface area contributed by atoms with Crippen molar-refractivity contribution in [1.82, 2.24) is 0 Å². The molecule has 0 saturated carbocycles. The summed E-state index contributed by atoms with van der Waals surface area (Å²) in [6.07, 6.45) is 3.53. The molecule has 2 atom stereocenters. The first-order valence-corrected chi connectivity index (χ1v) is 17.4. The molecule has 0 aromatic heterocycles. The van der Waals surface area contributed by atoms with E-state index in [2.05, 4.69) is 24.3 Å². The number of hydrogen-bond donors (Lipinski definition) is 0. The van der Waals surface area contributed by atoms with Gasteiger partial charge in [-0.2, -0.15) is 0 Å². The van der Waals surface area contributed by atoms with E-state index in [0.717, 1.165) is 48.3 Å². The molecule has 0 saturated heterocycles. The van der Waals surface area contributed by atoms with Crippen molar-refractivity contribution in [3.05, 3.63) is 95.1 Å². The minimum absolute atomic E-state index is 0.202. The highest BCUT2D eigenvalue weighted by molar-refractivity contribution is 5.54. The minimum atomic E-state index is 0.202. The van der Waals surface area contributed by atoms with E-state index in [-0.39, 0.29) is 5.92 Å². The summed E-state index contributed by atoms with van der Waals surface area (Å²) in [4.78, 5) is 0. The Morgan fingerprint density at radius 1 is 0.423 bits per heavy atom. The summed E-state index contributed by atoms with van der Waals surface area (Å²) in [5.41, 5.74) is 4.35. The maximum absolute atomic E-state index is 6.51. The van der Waals surface area contributed by atoms with Crippen LogP contribution in [0.2, 0.25) is 0 Å². The van der Waals surface area contributed by atoms with Crippen LogP contribution in [0.4, 0.5) is 0 Å². The van der Waals surface area contributed by atoms with Gasteiger partial charge in [0, 0.05) is 6.61 Å². The zero-order chi connectivity index (χ0) is 37.3. The zero-order valence-corrected chi connectivity index (χ0v) is 31.8. The topological polar surface area (TPSA) is 92.3 Å². The molecule has 4 aromatic rings. The first-order valence-electron chi connectivity index (χ1n) is 17.4. The molecular weight excluding hydrogens is 664 g/mol. The van der Waals surface area contributed by atoms with Crippen molar-refractivity contribution in [2.24, 2.45) is 11.8 Å². The highest BCUT2D eigenvalue weighted by Crippen LogP contribution is 2.39. The first-order chi connectivity index (χ1) is 25.4. The molecule has 4 rings (SSSR count). The highest BCUT2D eigenvalue weighted by Gasteiger charge is 2.24. The van der Waals surface area contributed by atoms with Gasteiger partial charge < -0.3 is 47.4 Å². The summed E-state index contributed by atoms with van der Waals surface area (Å²) in [7, 11) is 13.0. The SMILES string of the molecule is COc1ccc(C[C@@H](CCCOCc2cc(OC)c(OC)c(OC)c2)[C@H](COCc2cc(OC)c(OC)c(OC)c2)Cc2ccc(OC)cc2)cc1. The van der Waals surface area contributed by atoms with Gasteiger partial charge in [-0.05, 0) is 108 Å². The second kappa shape index (κ2) is 20.9. The Kier molecular flexibility index (Phi) is 16.1. The van der Waals surface area contributed by atoms with Gasteiger partial charge in [-0.15, -0.1) is 0 Å². The number of methoxy groups -OCH3 is 8. The van der Waals surface area contributed by atoms with Crippen molar-refractivity contribution in [2.75, 3.05) is 70.1 Å². The third kappa shape index (κ3) is 11.1. The normalized spacial score (nSPS) is 12.1. The lowest BCUT2D eigenvalue weighted by atomic mass is 9.80. The van der Waals surface area contributed by atoms with Crippen LogP contribution in [-0.2, 0) is 35.5 Å². The molecule has 0 unspecified atom stereocenters. The fourth-order valence-electron chi connectivity index (χ4n) is 6.40. The van der Waals surface area contributed by atoms with Crippen LogP contribution in [0.1, 0.15) is 35.1 Å². The first kappa shape index (κ1) is 40.0. The summed E-state index contributed by atoms with van der Waals surface area (Å²) in [6.45, 7) is 1.96. The molecule has 0 radical (unpaired) electrons. The van der Waals surface area contributed by atoms with Gasteiger partial charge in [0.2, 0.25) is 11.5 Å². The van der Waals surface area contributed by atoms with Crippen LogP contribution in [0.3, 0.4) is 0 Å². The summed E-state index contributed by atoms with van der Waals surface area (Å²) in [6, 6.07) is 24.3. The van der Waals surface area contributed by atoms with Crippen molar-refractivity contribution in [2.45, 2.75) is 38.9 Å². The number of ether oxygens (including phenoxy) is 10. The van der Waals surface area contributed by atoms with Crippen LogP contribution >= 0.6 is 0 Å². The fourth-order valence-corrected chi connectivity index (χ4v) is 6.40. The van der Waals surface area contributed by atoms with Gasteiger partial charge in [0.25, 0.3) is 0 Å². The summed E-state index contributed by atoms with van der Waals surface area (Å²) >= 11 is 0. The predicted octanol–water partition coefficient (Wildman–Crippen LogP) is 7.99. The van der Waals surface area contributed by atoms with Crippen LogP contribution in [-0.4, -0.2) is 70.1 Å². The van der Waals surface area contributed by atoms with E-state index >= 15 is 0 Å². The van der Waals surface area contributed by atoms with Crippen molar-refractivity contribution < 1.29 is 47.4 Å². The Morgan fingerprint density at radius 3 is 1.21 bits per heavy atom. The van der Waals surface area contributed by atoms with E-state index in [9.17, 15) is 0 Å². The highest BCUT2D eigenvalue weighted by atomic mass is 16.5. The van der Waals surface area contributed by atoms with E-state index < -0.39 is 0 Å². The molecule has 0 N–H and O–H groups in total. The van der Waals surface area contributed by atoms with E-state index in [4.69, 9.17) is 47.4 Å². The van der Waals surface area contributed by atoms with Crippen LogP contribution in [0.5, 0.6) is 46.0 Å². The maximum atomic E-state index is 6.51. The van der Waals surface area contributed by atoms with Gasteiger partial charge in [0.05, 0.1) is 76.7 Å². The zero-order valence-electron chi connectivity index (χ0n) is 31.8. The molecule has 52 heavy (non-hydrogen) atoms.